The lowest BCUT2D eigenvalue weighted by molar-refractivity contribution is -0.139. The zero-order valence-corrected chi connectivity index (χ0v) is 21.2. The first-order valence-electron chi connectivity index (χ1n) is 12.1. The summed E-state index contributed by atoms with van der Waals surface area (Å²) in [6, 6.07) is 39.5. The van der Waals surface area contributed by atoms with E-state index in [0.29, 0.717) is 0 Å². The molecule has 0 spiro atoms. The number of carboxylic acid groups (broad SMARTS) is 1. The van der Waals surface area contributed by atoms with E-state index in [9.17, 15) is 9.90 Å². The molecule has 1 saturated heterocycles. The summed E-state index contributed by atoms with van der Waals surface area (Å²) in [7, 11) is 0. The highest BCUT2D eigenvalue weighted by atomic mass is 32.2. The monoisotopic (exact) mass is 491 g/mol. The summed E-state index contributed by atoms with van der Waals surface area (Å²) in [5.74, 6) is -0.809. The van der Waals surface area contributed by atoms with Gasteiger partial charge in [0.05, 0.1) is 5.37 Å². The van der Waals surface area contributed by atoms with Crippen molar-refractivity contribution in [3.63, 3.8) is 0 Å². The van der Waals surface area contributed by atoms with E-state index in [1.807, 2.05) is 32.0 Å². The Balaban J connectivity index is 1.64. The molecule has 36 heavy (non-hydrogen) atoms. The van der Waals surface area contributed by atoms with Crippen LogP contribution < -0.4 is 5.32 Å². The normalized spacial score (nSPS) is 18.5. The van der Waals surface area contributed by atoms with Crippen molar-refractivity contribution in [3.05, 3.63) is 143 Å². The summed E-state index contributed by atoms with van der Waals surface area (Å²) in [5, 5.41) is 12.9. The predicted molar refractivity (Wildman–Crippen MR) is 150 cm³/mol. The molecular formula is C32H29NO2S. The van der Waals surface area contributed by atoms with Gasteiger partial charge >= 0.3 is 5.97 Å². The summed E-state index contributed by atoms with van der Waals surface area (Å²) in [6.45, 7) is 3.97. The molecule has 3 nitrogen and oxygen atoms in total. The number of hydrogen-bond donors (Lipinski definition) is 2. The molecule has 0 aliphatic carbocycles. The van der Waals surface area contributed by atoms with Crippen LogP contribution in [0.1, 0.15) is 47.0 Å². The van der Waals surface area contributed by atoms with Gasteiger partial charge in [-0.05, 0) is 52.8 Å². The molecule has 1 aliphatic rings. The second kappa shape index (κ2) is 10.2. The smallest absolute Gasteiger partial charge is 0.322 e. The number of carbonyl (C=O) groups is 1. The van der Waals surface area contributed by atoms with Gasteiger partial charge in [0.25, 0.3) is 0 Å². The highest BCUT2D eigenvalue weighted by Crippen LogP contribution is 2.46. The maximum Gasteiger partial charge on any atom is 0.322 e. The summed E-state index contributed by atoms with van der Waals surface area (Å²) in [4.78, 5) is 11.8. The van der Waals surface area contributed by atoms with Crippen LogP contribution in [0.3, 0.4) is 0 Å². The summed E-state index contributed by atoms with van der Waals surface area (Å²) in [6.07, 6.45) is 0. The van der Waals surface area contributed by atoms with E-state index in [1.54, 1.807) is 11.8 Å². The van der Waals surface area contributed by atoms with E-state index in [-0.39, 0.29) is 5.37 Å². The molecule has 0 radical (unpaired) electrons. The van der Waals surface area contributed by atoms with E-state index in [2.05, 4.69) is 102 Å². The van der Waals surface area contributed by atoms with E-state index in [1.165, 1.54) is 5.57 Å². The third-order valence-corrected chi connectivity index (χ3v) is 8.11. The lowest BCUT2D eigenvalue weighted by Gasteiger charge is -2.20. The van der Waals surface area contributed by atoms with Crippen LogP contribution in [0.5, 0.6) is 0 Å². The van der Waals surface area contributed by atoms with Crippen LogP contribution in [-0.4, -0.2) is 21.9 Å². The molecule has 4 aromatic rings. The number of nitrogens with one attached hydrogen (secondary N) is 1. The van der Waals surface area contributed by atoms with Gasteiger partial charge in [-0.25, -0.2) is 0 Å². The largest absolute Gasteiger partial charge is 0.480 e. The molecule has 2 atom stereocenters. The number of thioether (sulfide) groups is 1. The summed E-state index contributed by atoms with van der Waals surface area (Å²) in [5.41, 5.74) is 7.99. The standard InChI is InChI=1S/C32H29NO2S/c1-32(2)29(31(34)35)33-30(36-32)26-20-18-25(19-21-26)28(24-16-10-5-11-17-24)27(22-12-6-3-7-13-22)23-14-8-4-9-15-23/h3-21,29-30,33H,1-2H3,(H,34,35)/t29-,30?/m0/s1. The van der Waals surface area contributed by atoms with Crippen LogP contribution in [0, 0.1) is 0 Å². The van der Waals surface area contributed by atoms with Crippen molar-refractivity contribution in [1.82, 2.24) is 5.32 Å². The molecule has 1 heterocycles. The highest BCUT2D eigenvalue weighted by Gasteiger charge is 2.45. The molecule has 180 valence electrons. The van der Waals surface area contributed by atoms with Gasteiger partial charge in [0, 0.05) is 4.75 Å². The SMILES string of the molecule is CC1(C)SC(c2ccc(C(=C(c3ccccc3)c3ccccc3)c3ccccc3)cc2)N[C@H]1C(=O)O. The van der Waals surface area contributed by atoms with Crippen LogP contribution in [0.4, 0.5) is 0 Å². The molecule has 0 aromatic heterocycles. The molecule has 0 amide bonds. The minimum absolute atomic E-state index is 0.0676. The van der Waals surface area contributed by atoms with Gasteiger partial charge in [0.1, 0.15) is 6.04 Å². The maximum absolute atomic E-state index is 11.8. The molecule has 2 N–H and O–H groups in total. The van der Waals surface area contributed by atoms with Crippen LogP contribution in [0.25, 0.3) is 11.1 Å². The predicted octanol–water partition coefficient (Wildman–Crippen LogP) is 7.26. The second-order valence-electron chi connectivity index (χ2n) is 9.51. The molecule has 0 saturated carbocycles. The van der Waals surface area contributed by atoms with Crippen molar-refractivity contribution in [3.8, 4) is 0 Å². The third kappa shape index (κ3) is 4.88. The molecule has 1 unspecified atom stereocenters. The number of rotatable bonds is 6. The minimum atomic E-state index is -0.809. The Morgan fingerprint density at radius 2 is 1.06 bits per heavy atom. The van der Waals surface area contributed by atoms with Crippen molar-refractivity contribution >= 4 is 28.9 Å². The average molecular weight is 492 g/mol. The van der Waals surface area contributed by atoms with Gasteiger partial charge < -0.3 is 5.11 Å². The van der Waals surface area contributed by atoms with Crippen LogP contribution >= 0.6 is 11.8 Å². The van der Waals surface area contributed by atoms with Gasteiger partial charge in [0.15, 0.2) is 0 Å². The molecule has 0 bridgehead atoms. The lowest BCUT2D eigenvalue weighted by atomic mass is 9.85. The first-order chi connectivity index (χ1) is 17.4. The van der Waals surface area contributed by atoms with Gasteiger partial charge in [-0.2, -0.15) is 0 Å². The van der Waals surface area contributed by atoms with Crippen LogP contribution in [0.2, 0.25) is 0 Å². The van der Waals surface area contributed by atoms with Crippen molar-refractivity contribution in [2.24, 2.45) is 0 Å². The van der Waals surface area contributed by atoms with E-state index >= 15 is 0 Å². The Morgan fingerprint density at radius 3 is 1.42 bits per heavy atom. The Kier molecular flexibility index (Phi) is 6.82. The second-order valence-corrected chi connectivity index (χ2v) is 11.3. The lowest BCUT2D eigenvalue weighted by Crippen LogP contribution is -2.43. The van der Waals surface area contributed by atoms with Gasteiger partial charge in [-0.1, -0.05) is 115 Å². The molecule has 5 rings (SSSR count). The maximum atomic E-state index is 11.8. The molecule has 1 fully saturated rings. The first kappa shape index (κ1) is 24.1. The van der Waals surface area contributed by atoms with Gasteiger partial charge in [-0.3, -0.25) is 10.1 Å². The number of benzene rings is 4. The van der Waals surface area contributed by atoms with Gasteiger partial charge in [-0.15, -0.1) is 11.8 Å². The topological polar surface area (TPSA) is 49.3 Å². The van der Waals surface area contributed by atoms with E-state index in [4.69, 9.17) is 0 Å². The number of aliphatic carboxylic acids is 1. The molecule has 4 aromatic carbocycles. The van der Waals surface area contributed by atoms with E-state index in [0.717, 1.165) is 33.4 Å². The third-order valence-electron chi connectivity index (χ3n) is 6.62. The van der Waals surface area contributed by atoms with Crippen molar-refractivity contribution in [2.75, 3.05) is 0 Å². The number of hydrogen-bond acceptors (Lipinski definition) is 3. The fraction of sp³-hybridized carbons (Fsp3) is 0.156. The fourth-order valence-corrected chi connectivity index (χ4v) is 6.25. The Morgan fingerprint density at radius 1 is 0.667 bits per heavy atom. The Labute approximate surface area is 216 Å². The van der Waals surface area contributed by atoms with Crippen molar-refractivity contribution in [2.45, 2.75) is 30.0 Å². The van der Waals surface area contributed by atoms with Crippen LogP contribution in [-0.2, 0) is 4.79 Å². The zero-order valence-electron chi connectivity index (χ0n) is 20.4. The highest BCUT2D eigenvalue weighted by molar-refractivity contribution is 8.01. The number of carboxylic acids is 1. The first-order valence-corrected chi connectivity index (χ1v) is 13.0. The van der Waals surface area contributed by atoms with Crippen molar-refractivity contribution in [1.29, 1.82) is 0 Å². The molecule has 4 heteroatoms. The fourth-order valence-electron chi connectivity index (χ4n) is 4.84. The van der Waals surface area contributed by atoms with Crippen LogP contribution in [0.15, 0.2) is 115 Å². The Hall–Kier alpha value is -3.60. The minimum Gasteiger partial charge on any atom is -0.480 e. The molecular weight excluding hydrogens is 462 g/mol. The quantitative estimate of drug-likeness (QED) is 0.279. The zero-order chi connectivity index (χ0) is 25.1. The average Bonchev–Trinajstić information content (AvgIpc) is 3.24. The van der Waals surface area contributed by atoms with E-state index < -0.39 is 16.8 Å². The van der Waals surface area contributed by atoms with Crippen molar-refractivity contribution < 1.29 is 9.90 Å². The Bertz CT molecular complexity index is 1320. The summed E-state index contributed by atoms with van der Waals surface area (Å²) >= 11 is 1.66. The van der Waals surface area contributed by atoms with Gasteiger partial charge in [0.2, 0.25) is 0 Å². The molecule has 1 aliphatic heterocycles. The summed E-state index contributed by atoms with van der Waals surface area (Å²) < 4.78 is -0.391.